The number of hydrogen-bond acceptors (Lipinski definition) is 3. The quantitative estimate of drug-likeness (QED) is 0.513. The van der Waals surface area contributed by atoms with Gasteiger partial charge in [0.25, 0.3) is 0 Å². The molecule has 0 spiro atoms. The minimum Gasteiger partial charge on any atom is -0.355 e. The van der Waals surface area contributed by atoms with E-state index in [0.717, 1.165) is 41.9 Å². The third-order valence-corrected chi connectivity index (χ3v) is 4.45. The molecule has 3 rings (SSSR count). The highest BCUT2D eigenvalue weighted by Crippen LogP contribution is 2.27. The third-order valence-electron chi connectivity index (χ3n) is 4.21. The zero-order valence-corrected chi connectivity index (χ0v) is 17.3. The van der Waals surface area contributed by atoms with Gasteiger partial charge in [-0.1, -0.05) is 37.6 Å². The van der Waals surface area contributed by atoms with Gasteiger partial charge in [-0.25, -0.2) is 0 Å². The Morgan fingerprint density at radius 3 is 2.50 bits per heavy atom. The fourth-order valence-electron chi connectivity index (χ4n) is 2.84. The molecule has 0 fully saturated rings. The lowest BCUT2D eigenvalue weighted by atomic mass is 10.1. The first-order chi connectivity index (χ1) is 11.7. The average molecular weight is 413 g/mol. The number of pyridine rings is 1. The molecule has 140 valence electrons. The molecule has 1 N–H and O–H groups in total. The van der Waals surface area contributed by atoms with Crippen molar-refractivity contribution in [3.63, 3.8) is 0 Å². The van der Waals surface area contributed by atoms with Gasteiger partial charge < -0.3 is 5.32 Å². The van der Waals surface area contributed by atoms with Crippen molar-refractivity contribution in [3.05, 3.63) is 65.3 Å². The molecule has 2 aromatic carbocycles. The van der Waals surface area contributed by atoms with Gasteiger partial charge in [0.1, 0.15) is 0 Å². The Labute approximate surface area is 172 Å². The lowest BCUT2D eigenvalue weighted by Gasteiger charge is -2.18. The lowest BCUT2D eigenvalue weighted by Crippen LogP contribution is -2.22. The predicted molar refractivity (Wildman–Crippen MR) is 118 cm³/mol. The van der Waals surface area contributed by atoms with Crippen LogP contribution >= 0.6 is 36.4 Å². The van der Waals surface area contributed by atoms with Gasteiger partial charge in [0.2, 0.25) is 0 Å². The van der Waals surface area contributed by atoms with E-state index in [1.165, 1.54) is 5.56 Å². The van der Waals surface area contributed by atoms with Gasteiger partial charge in [-0.3, -0.25) is 9.88 Å². The molecule has 26 heavy (non-hydrogen) atoms. The molecule has 3 nitrogen and oxygen atoms in total. The SMILES string of the molecule is CCN(CC)Cc1cccc(Nc2ccnc3cc(Cl)ccc23)c1.Cl.Cl. The van der Waals surface area contributed by atoms with E-state index in [-0.39, 0.29) is 24.8 Å². The Balaban J connectivity index is 0.00000169. The van der Waals surface area contributed by atoms with Crippen molar-refractivity contribution >= 4 is 58.7 Å². The molecule has 0 aliphatic rings. The van der Waals surface area contributed by atoms with Crippen molar-refractivity contribution < 1.29 is 0 Å². The van der Waals surface area contributed by atoms with Crippen molar-refractivity contribution in [2.24, 2.45) is 0 Å². The summed E-state index contributed by atoms with van der Waals surface area (Å²) in [4.78, 5) is 6.80. The van der Waals surface area contributed by atoms with Crippen LogP contribution in [0.2, 0.25) is 5.02 Å². The van der Waals surface area contributed by atoms with E-state index >= 15 is 0 Å². The third kappa shape index (κ3) is 5.49. The Morgan fingerprint density at radius 2 is 1.77 bits per heavy atom. The minimum atomic E-state index is 0. The molecule has 3 aromatic rings. The van der Waals surface area contributed by atoms with Crippen LogP contribution in [-0.2, 0) is 6.54 Å². The highest BCUT2D eigenvalue weighted by atomic mass is 35.5. The second-order valence-electron chi connectivity index (χ2n) is 5.81. The number of anilines is 2. The average Bonchev–Trinajstić information content (AvgIpc) is 2.60. The summed E-state index contributed by atoms with van der Waals surface area (Å²) in [5.74, 6) is 0. The topological polar surface area (TPSA) is 28.2 Å². The first kappa shape index (κ1) is 22.5. The summed E-state index contributed by atoms with van der Waals surface area (Å²) in [6.45, 7) is 7.47. The van der Waals surface area contributed by atoms with E-state index in [9.17, 15) is 0 Å². The van der Waals surface area contributed by atoms with Crippen LogP contribution in [0.25, 0.3) is 10.9 Å². The zero-order chi connectivity index (χ0) is 16.9. The molecule has 0 atom stereocenters. The number of fused-ring (bicyclic) bond motifs is 1. The van der Waals surface area contributed by atoms with E-state index < -0.39 is 0 Å². The van der Waals surface area contributed by atoms with E-state index in [1.54, 1.807) is 6.20 Å². The Kier molecular flexibility index (Phi) is 9.17. The van der Waals surface area contributed by atoms with Gasteiger partial charge in [-0.15, -0.1) is 24.8 Å². The molecule has 0 bridgehead atoms. The van der Waals surface area contributed by atoms with E-state index in [2.05, 4.69) is 53.3 Å². The monoisotopic (exact) mass is 411 g/mol. The molecule has 0 radical (unpaired) electrons. The Bertz CT molecular complexity index is 835. The fourth-order valence-corrected chi connectivity index (χ4v) is 3.00. The summed E-state index contributed by atoms with van der Waals surface area (Å²) in [6.07, 6.45) is 1.81. The number of halogens is 3. The number of nitrogens with zero attached hydrogens (tertiary/aromatic N) is 2. The summed E-state index contributed by atoms with van der Waals surface area (Å²) in [6, 6.07) is 16.4. The molecular weight excluding hydrogens is 389 g/mol. The maximum absolute atomic E-state index is 6.06. The van der Waals surface area contributed by atoms with Crippen LogP contribution in [0.5, 0.6) is 0 Å². The number of aromatic nitrogens is 1. The van der Waals surface area contributed by atoms with E-state index in [0.29, 0.717) is 5.02 Å². The summed E-state index contributed by atoms with van der Waals surface area (Å²) in [7, 11) is 0. The zero-order valence-electron chi connectivity index (χ0n) is 14.9. The molecule has 0 aliphatic heterocycles. The molecule has 0 amide bonds. The molecular formula is C20H24Cl3N3. The number of nitrogens with one attached hydrogen (secondary N) is 1. The van der Waals surface area contributed by atoms with Crippen molar-refractivity contribution in [2.75, 3.05) is 18.4 Å². The molecule has 0 aliphatic carbocycles. The molecule has 1 heterocycles. The van der Waals surface area contributed by atoms with Crippen LogP contribution in [0.15, 0.2) is 54.7 Å². The van der Waals surface area contributed by atoms with Crippen LogP contribution in [0, 0.1) is 0 Å². The summed E-state index contributed by atoms with van der Waals surface area (Å²) in [5.41, 5.74) is 4.33. The van der Waals surface area contributed by atoms with E-state index in [1.807, 2.05) is 24.3 Å². The number of benzene rings is 2. The largest absolute Gasteiger partial charge is 0.355 e. The predicted octanol–water partition coefficient (Wildman–Crippen LogP) is 6.32. The summed E-state index contributed by atoms with van der Waals surface area (Å²) >= 11 is 6.06. The second-order valence-corrected chi connectivity index (χ2v) is 6.24. The van der Waals surface area contributed by atoms with Crippen LogP contribution < -0.4 is 5.32 Å². The first-order valence-electron chi connectivity index (χ1n) is 8.32. The lowest BCUT2D eigenvalue weighted by molar-refractivity contribution is 0.296. The van der Waals surface area contributed by atoms with Gasteiger partial charge in [-0.2, -0.15) is 0 Å². The molecule has 1 aromatic heterocycles. The number of hydrogen-bond donors (Lipinski definition) is 1. The normalized spacial score (nSPS) is 10.3. The van der Waals surface area contributed by atoms with Crippen LogP contribution in [-0.4, -0.2) is 23.0 Å². The van der Waals surface area contributed by atoms with Gasteiger partial charge in [-0.05, 0) is 55.1 Å². The van der Waals surface area contributed by atoms with Gasteiger partial charge in [0.15, 0.2) is 0 Å². The van der Waals surface area contributed by atoms with Crippen molar-refractivity contribution in [3.8, 4) is 0 Å². The molecule has 0 saturated carbocycles. The summed E-state index contributed by atoms with van der Waals surface area (Å²) in [5, 5.41) is 5.28. The van der Waals surface area contributed by atoms with Crippen molar-refractivity contribution in [2.45, 2.75) is 20.4 Å². The smallest absolute Gasteiger partial charge is 0.0737 e. The summed E-state index contributed by atoms with van der Waals surface area (Å²) < 4.78 is 0. The molecule has 0 saturated heterocycles. The Morgan fingerprint density at radius 1 is 1.00 bits per heavy atom. The molecule has 0 unspecified atom stereocenters. The van der Waals surface area contributed by atoms with E-state index in [4.69, 9.17) is 11.6 Å². The van der Waals surface area contributed by atoms with Gasteiger partial charge in [0.05, 0.1) is 5.52 Å². The van der Waals surface area contributed by atoms with Gasteiger partial charge >= 0.3 is 0 Å². The van der Waals surface area contributed by atoms with Gasteiger partial charge in [0, 0.05) is 34.5 Å². The molecule has 6 heteroatoms. The first-order valence-corrected chi connectivity index (χ1v) is 8.70. The highest BCUT2D eigenvalue weighted by molar-refractivity contribution is 6.31. The number of rotatable bonds is 6. The van der Waals surface area contributed by atoms with Crippen LogP contribution in [0.1, 0.15) is 19.4 Å². The maximum Gasteiger partial charge on any atom is 0.0737 e. The van der Waals surface area contributed by atoms with Crippen LogP contribution in [0.3, 0.4) is 0 Å². The second kappa shape index (κ2) is 10.6. The highest BCUT2D eigenvalue weighted by Gasteiger charge is 2.05. The van der Waals surface area contributed by atoms with Crippen LogP contribution in [0.4, 0.5) is 11.4 Å². The Hall–Kier alpha value is -1.52. The maximum atomic E-state index is 6.06. The van der Waals surface area contributed by atoms with Crippen molar-refractivity contribution in [1.82, 2.24) is 9.88 Å². The fraction of sp³-hybridized carbons (Fsp3) is 0.250. The van der Waals surface area contributed by atoms with Crippen molar-refractivity contribution in [1.29, 1.82) is 0 Å². The minimum absolute atomic E-state index is 0. The standard InChI is InChI=1S/C20H22ClN3.2ClH/c1-3-24(4-2)14-15-6-5-7-17(12-15)23-19-10-11-22-20-13-16(21)8-9-18(19)20;;/h5-13H,3-4,14H2,1-2H3,(H,22,23);2*1H.